The molecule has 6 aromatic rings. The summed E-state index contributed by atoms with van der Waals surface area (Å²) in [6.45, 7) is 11.3. The summed E-state index contributed by atoms with van der Waals surface area (Å²) < 4.78 is 0. The normalized spacial score (nSPS) is 11.5. The molecule has 0 aliphatic rings. The van der Waals surface area contributed by atoms with Gasteiger partial charge in [-0.05, 0) is 112 Å². The zero-order valence-corrected chi connectivity index (χ0v) is 22.7. The molecule has 0 radical (unpaired) electrons. The molecule has 2 heterocycles. The van der Waals surface area contributed by atoms with Crippen molar-refractivity contribution >= 4 is 21.7 Å². The molecule has 0 atom stereocenters. The van der Waals surface area contributed by atoms with Crippen LogP contribution in [-0.4, -0.2) is 9.97 Å². The Balaban J connectivity index is 1.64. The van der Waals surface area contributed by atoms with E-state index in [1.54, 1.807) is 0 Å². The van der Waals surface area contributed by atoms with Gasteiger partial charge in [0, 0.05) is 23.3 Å². The Labute approximate surface area is 225 Å². The van der Waals surface area contributed by atoms with E-state index in [4.69, 9.17) is 4.98 Å². The molecule has 38 heavy (non-hydrogen) atoms. The van der Waals surface area contributed by atoms with Gasteiger partial charge < -0.3 is 0 Å². The van der Waals surface area contributed by atoms with Gasteiger partial charge in [-0.2, -0.15) is 0 Å². The molecule has 2 heteroatoms. The maximum absolute atomic E-state index is 4.77. The lowest BCUT2D eigenvalue weighted by Crippen LogP contribution is -1.98. The van der Waals surface area contributed by atoms with Gasteiger partial charge in [-0.15, -0.1) is 0 Å². The van der Waals surface area contributed by atoms with Gasteiger partial charge in [0.15, 0.2) is 0 Å². The SMILES string of the molecule is Cc1cc(C)c(-c2cc3ncccc3c3ccc(C(C)C)cc23)c(C)c1-c1cccc(-c2ccccn2)c1. The lowest BCUT2D eigenvalue weighted by Gasteiger charge is -2.21. The van der Waals surface area contributed by atoms with Gasteiger partial charge in [0.05, 0.1) is 11.2 Å². The van der Waals surface area contributed by atoms with Crippen molar-refractivity contribution in [1.29, 1.82) is 0 Å². The quantitative estimate of drug-likeness (QED) is 0.229. The van der Waals surface area contributed by atoms with E-state index >= 15 is 0 Å². The number of aryl methyl sites for hydroxylation is 2. The second kappa shape index (κ2) is 9.54. The molecule has 6 rings (SSSR count). The average Bonchev–Trinajstić information content (AvgIpc) is 2.93. The Hall–Kier alpha value is -4.30. The van der Waals surface area contributed by atoms with Crippen molar-refractivity contribution in [1.82, 2.24) is 9.97 Å². The van der Waals surface area contributed by atoms with E-state index in [9.17, 15) is 0 Å². The molecular formula is C36H32N2. The maximum atomic E-state index is 4.77. The van der Waals surface area contributed by atoms with Gasteiger partial charge in [-0.3, -0.25) is 9.97 Å². The second-order valence-corrected chi connectivity index (χ2v) is 10.6. The smallest absolute Gasteiger partial charge is 0.0714 e. The molecule has 2 nitrogen and oxygen atoms in total. The summed E-state index contributed by atoms with van der Waals surface area (Å²) >= 11 is 0. The van der Waals surface area contributed by atoms with Crippen LogP contribution >= 0.6 is 0 Å². The minimum absolute atomic E-state index is 0.460. The van der Waals surface area contributed by atoms with E-state index in [0.717, 1.165) is 16.8 Å². The third-order valence-electron chi connectivity index (χ3n) is 7.76. The first-order chi connectivity index (χ1) is 18.4. The Morgan fingerprint density at radius 3 is 2.16 bits per heavy atom. The number of hydrogen-bond acceptors (Lipinski definition) is 2. The van der Waals surface area contributed by atoms with Crippen LogP contribution in [0.1, 0.15) is 42.0 Å². The molecule has 0 unspecified atom stereocenters. The van der Waals surface area contributed by atoms with Crippen molar-refractivity contribution in [2.24, 2.45) is 0 Å². The minimum Gasteiger partial charge on any atom is -0.256 e. The van der Waals surface area contributed by atoms with Gasteiger partial charge in [-0.25, -0.2) is 0 Å². The van der Waals surface area contributed by atoms with Gasteiger partial charge >= 0.3 is 0 Å². The predicted octanol–water partition coefficient (Wildman–Crippen LogP) is 9.83. The van der Waals surface area contributed by atoms with Crippen LogP contribution in [0.15, 0.2) is 97.3 Å². The Kier molecular flexibility index (Phi) is 6.04. The van der Waals surface area contributed by atoms with Crippen LogP contribution < -0.4 is 0 Å². The van der Waals surface area contributed by atoms with Crippen molar-refractivity contribution in [3.05, 3.63) is 120 Å². The molecular weight excluding hydrogens is 460 g/mol. The van der Waals surface area contributed by atoms with E-state index in [2.05, 4.69) is 106 Å². The van der Waals surface area contributed by atoms with Gasteiger partial charge in [0.25, 0.3) is 0 Å². The van der Waals surface area contributed by atoms with Crippen molar-refractivity contribution in [2.45, 2.75) is 40.5 Å². The number of pyridine rings is 2. The molecule has 0 aliphatic heterocycles. The third-order valence-corrected chi connectivity index (χ3v) is 7.76. The largest absolute Gasteiger partial charge is 0.256 e. The summed E-state index contributed by atoms with van der Waals surface area (Å²) in [6, 6.07) is 30.6. The summed E-state index contributed by atoms with van der Waals surface area (Å²) in [4.78, 5) is 9.36. The average molecular weight is 493 g/mol. The molecule has 0 bridgehead atoms. The Bertz CT molecular complexity index is 1810. The van der Waals surface area contributed by atoms with Crippen LogP contribution in [0.25, 0.3) is 55.2 Å². The van der Waals surface area contributed by atoms with E-state index < -0.39 is 0 Å². The standard InChI is InChI=1S/C36H32N2/c1-22(2)26-14-15-29-30-12-9-17-38-34(30)21-32(31(29)20-26)36-24(4)18-23(3)35(25(36)5)28-11-8-10-27(19-28)33-13-6-7-16-37-33/h6-22H,1-5H3. The number of fused-ring (bicyclic) bond motifs is 3. The first kappa shape index (κ1) is 24.1. The molecule has 0 saturated carbocycles. The van der Waals surface area contributed by atoms with E-state index in [-0.39, 0.29) is 0 Å². The highest BCUT2D eigenvalue weighted by Crippen LogP contribution is 2.42. The van der Waals surface area contributed by atoms with Crippen LogP contribution in [0.3, 0.4) is 0 Å². The van der Waals surface area contributed by atoms with Crippen LogP contribution in [-0.2, 0) is 0 Å². The van der Waals surface area contributed by atoms with Crippen molar-refractivity contribution < 1.29 is 0 Å². The van der Waals surface area contributed by atoms with Crippen LogP contribution in [0.2, 0.25) is 0 Å². The van der Waals surface area contributed by atoms with Gasteiger partial charge in [-0.1, -0.05) is 68.4 Å². The second-order valence-electron chi connectivity index (χ2n) is 10.6. The fourth-order valence-corrected chi connectivity index (χ4v) is 5.97. The van der Waals surface area contributed by atoms with Crippen LogP contribution in [0.4, 0.5) is 0 Å². The van der Waals surface area contributed by atoms with E-state index in [1.807, 2.05) is 30.6 Å². The molecule has 0 saturated heterocycles. The number of nitrogens with zero attached hydrogens (tertiary/aromatic N) is 2. The summed E-state index contributed by atoms with van der Waals surface area (Å²) in [5.74, 6) is 0.460. The zero-order valence-electron chi connectivity index (χ0n) is 22.7. The monoisotopic (exact) mass is 492 g/mol. The highest BCUT2D eigenvalue weighted by Gasteiger charge is 2.19. The zero-order chi connectivity index (χ0) is 26.4. The van der Waals surface area contributed by atoms with Crippen molar-refractivity contribution in [3.63, 3.8) is 0 Å². The molecule has 0 aliphatic carbocycles. The summed E-state index contributed by atoms with van der Waals surface area (Å²) in [5, 5.41) is 3.75. The number of hydrogen-bond donors (Lipinski definition) is 0. The van der Waals surface area contributed by atoms with Crippen molar-refractivity contribution in [3.8, 4) is 33.5 Å². The van der Waals surface area contributed by atoms with Crippen molar-refractivity contribution in [2.75, 3.05) is 0 Å². The number of aromatic nitrogens is 2. The summed E-state index contributed by atoms with van der Waals surface area (Å²) in [7, 11) is 0. The van der Waals surface area contributed by atoms with Crippen LogP contribution in [0.5, 0.6) is 0 Å². The maximum Gasteiger partial charge on any atom is 0.0714 e. The molecule has 4 aromatic carbocycles. The Morgan fingerprint density at radius 2 is 1.37 bits per heavy atom. The first-order valence-corrected chi connectivity index (χ1v) is 13.4. The predicted molar refractivity (Wildman–Crippen MR) is 162 cm³/mol. The molecule has 0 N–H and O–H groups in total. The molecule has 2 aromatic heterocycles. The Morgan fingerprint density at radius 1 is 0.579 bits per heavy atom. The van der Waals surface area contributed by atoms with Gasteiger partial charge in [0.1, 0.15) is 0 Å². The molecule has 0 spiro atoms. The fraction of sp³-hybridized carbons (Fsp3) is 0.167. The minimum atomic E-state index is 0.460. The topological polar surface area (TPSA) is 25.8 Å². The third kappa shape index (κ3) is 4.07. The molecule has 186 valence electrons. The summed E-state index contributed by atoms with van der Waals surface area (Å²) in [6.07, 6.45) is 3.75. The van der Waals surface area contributed by atoms with Crippen LogP contribution in [0, 0.1) is 20.8 Å². The lowest BCUT2D eigenvalue weighted by molar-refractivity contribution is 0.869. The fourth-order valence-electron chi connectivity index (χ4n) is 5.97. The van der Waals surface area contributed by atoms with Gasteiger partial charge in [0.2, 0.25) is 0 Å². The highest BCUT2D eigenvalue weighted by atomic mass is 14.7. The molecule has 0 amide bonds. The molecule has 0 fully saturated rings. The summed E-state index contributed by atoms with van der Waals surface area (Å²) in [5.41, 5.74) is 13.4. The lowest BCUT2D eigenvalue weighted by atomic mass is 9.83. The first-order valence-electron chi connectivity index (χ1n) is 13.4. The van der Waals surface area contributed by atoms with E-state index in [1.165, 1.54) is 60.7 Å². The number of rotatable bonds is 4. The van der Waals surface area contributed by atoms with E-state index in [0.29, 0.717) is 5.92 Å². The highest BCUT2D eigenvalue weighted by molar-refractivity contribution is 6.13. The number of benzene rings is 4.